The summed E-state index contributed by atoms with van der Waals surface area (Å²) in [5.74, 6) is 0.386. The summed E-state index contributed by atoms with van der Waals surface area (Å²) in [4.78, 5) is 13.4. The van der Waals surface area contributed by atoms with Gasteiger partial charge in [-0.1, -0.05) is 24.3 Å². The average molecular weight is 670 g/mol. The van der Waals surface area contributed by atoms with Crippen LogP contribution in [0.25, 0.3) is 11.1 Å². The molecule has 0 amide bonds. The first kappa shape index (κ1) is 32.9. The molecule has 0 unspecified atom stereocenters. The van der Waals surface area contributed by atoms with Gasteiger partial charge in [0.05, 0.1) is 22.0 Å². The molecule has 3 aromatic rings. The lowest BCUT2D eigenvalue weighted by molar-refractivity contribution is -0.137. The van der Waals surface area contributed by atoms with Crippen LogP contribution in [0.15, 0.2) is 60.7 Å². The van der Waals surface area contributed by atoms with Crippen LogP contribution in [0.3, 0.4) is 0 Å². The standard InChI is InChI=1S/C29H36F3N5O4P2S/c1-17-18(2)35-42(39,34-17)28(43(40)36-19(3)20(4)37-43)33-27-14-13-26(44-27)25(38)15-16-41-24-11-7-22(8-12-24)21-5-9-23(10-6-21)29(30,31)32/h5-14,17-20,28,33H,15-16H2,1-4H3,(H2,34,35,39)(H2,36,37,40)/t17-,18-,19-,20-/m0/s1. The van der Waals surface area contributed by atoms with E-state index in [2.05, 4.69) is 25.7 Å². The summed E-state index contributed by atoms with van der Waals surface area (Å²) in [6.07, 6.45) is -4.28. The van der Waals surface area contributed by atoms with Gasteiger partial charge in [-0.3, -0.25) is 13.9 Å². The molecule has 2 aliphatic heterocycles. The molecule has 0 bridgehead atoms. The highest BCUT2D eigenvalue weighted by atomic mass is 32.1. The van der Waals surface area contributed by atoms with Crippen LogP contribution in [-0.4, -0.2) is 42.1 Å². The van der Waals surface area contributed by atoms with Crippen molar-refractivity contribution in [3.63, 3.8) is 0 Å². The van der Waals surface area contributed by atoms with E-state index in [0.717, 1.165) is 17.7 Å². The largest absolute Gasteiger partial charge is 0.493 e. The van der Waals surface area contributed by atoms with Gasteiger partial charge in [-0.15, -0.1) is 11.3 Å². The number of halogens is 3. The number of hydrogen-bond acceptors (Lipinski definition) is 6. The maximum absolute atomic E-state index is 14.1. The molecule has 44 heavy (non-hydrogen) atoms. The lowest BCUT2D eigenvalue weighted by atomic mass is 10.0. The molecule has 0 radical (unpaired) electrons. The van der Waals surface area contributed by atoms with Crippen molar-refractivity contribution in [3.05, 3.63) is 71.1 Å². The minimum atomic E-state index is -4.39. The van der Waals surface area contributed by atoms with E-state index in [0.29, 0.717) is 21.2 Å². The number of alkyl halides is 3. The Labute approximate surface area is 258 Å². The molecule has 9 nitrogen and oxygen atoms in total. The van der Waals surface area contributed by atoms with E-state index in [1.807, 2.05) is 27.7 Å². The third-order valence-electron chi connectivity index (χ3n) is 7.92. The second-order valence-corrected chi connectivity index (χ2v) is 17.5. The molecular formula is C29H36F3N5O4P2S. The van der Waals surface area contributed by atoms with Crippen LogP contribution >= 0.6 is 26.2 Å². The summed E-state index contributed by atoms with van der Waals surface area (Å²) in [6, 6.07) is 14.9. The molecule has 0 aliphatic carbocycles. The van der Waals surface area contributed by atoms with Gasteiger partial charge in [0.1, 0.15) is 5.75 Å². The van der Waals surface area contributed by atoms with Gasteiger partial charge in [-0.2, -0.15) is 13.2 Å². The van der Waals surface area contributed by atoms with E-state index in [1.165, 1.54) is 23.5 Å². The van der Waals surface area contributed by atoms with Gasteiger partial charge in [-0.05, 0) is 75.2 Å². The zero-order valence-electron chi connectivity index (χ0n) is 24.6. The van der Waals surface area contributed by atoms with Crippen molar-refractivity contribution in [3.8, 4) is 16.9 Å². The topological polar surface area (TPSA) is 121 Å². The zero-order chi connectivity index (χ0) is 31.9. The lowest BCUT2D eigenvalue weighted by Crippen LogP contribution is -2.34. The lowest BCUT2D eigenvalue weighted by Gasteiger charge is -2.30. The Morgan fingerprint density at radius 2 is 1.30 bits per heavy atom. The summed E-state index contributed by atoms with van der Waals surface area (Å²) >= 11 is 1.20. The number of benzene rings is 2. The fourth-order valence-corrected chi connectivity index (χ4v) is 13.5. The van der Waals surface area contributed by atoms with Gasteiger partial charge in [0.15, 0.2) is 11.3 Å². The number of carbonyl (C=O) groups is 1. The third kappa shape index (κ3) is 7.15. The Kier molecular flexibility index (Phi) is 9.50. The van der Waals surface area contributed by atoms with Crippen LogP contribution in [0.2, 0.25) is 0 Å². The van der Waals surface area contributed by atoms with E-state index in [-0.39, 0.29) is 43.0 Å². The van der Waals surface area contributed by atoms with Crippen molar-refractivity contribution in [2.24, 2.45) is 0 Å². The first-order chi connectivity index (χ1) is 20.7. The number of ether oxygens (including phenoxy) is 1. The average Bonchev–Trinajstić information content (AvgIpc) is 3.62. The van der Waals surface area contributed by atoms with Gasteiger partial charge >= 0.3 is 6.18 Å². The summed E-state index contributed by atoms with van der Waals surface area (Å²) in [5.41, 5.74) is -0.302. The van der Waals surface area contributed by atoms with E-state index in [4.69, 9.17) is 4.74 Å². The van der Waals surface area contributed by atoms with Gasteiger partial charge in [0, 0.05) is 30.6 Å². The van der Waals surface area contributed by atoms with Crippen molar-refractivity contribution >= 4 is 37.0 Å². The Bertz CT molecular complexity index is 1520. The SMILES string of the molecule is C[C@@H]1NP(=O)(C(Nc2ccc(C(=O)CCOc3ccc(-c4ccc(C(F)(F)F)cc4)cc3)s2)P2(=O)N[C@@H](C)[C@H](C)N2)N[C@H]1C. The molecular weight excluding hydrogens is 633 g/mol. The molecule has 2 aliphatic rings. The number of Topliss-reactive ketones (excluding diaryl/α,β-unsaturated/α-hetero) is 1. The van der Waals surface area contributed by atoms with E-state index >= 15 is 0 Å². The summed E-state index contributed by atoms with van der Waals surface area (Å²) in [6.45, 7) is 7.80. The fourth-order valence-electron chi connectivity index (χ4n) is 5.10. The number of ketones is 1. The molecule has 0 spiro atoms. The van der Waals surface area contributed by atoms with Crippen LogP contribution in [0.4, 0.5) is 18.2 Å². The number of carbonyl (C=O) groups excluding carboxylic acids is 1. The minimum Gasteiger partial charge on any atom is -0.493 e. The highest BCUT2D eigenvalue weighted by Gasteiger charge is 2.54. The van der Waals surface area contributed by atoms with Crippen molar-refractivity contribution in [1.82, 2.24) is 20.3 Å². The third-order valence-corrected chi connectivity index (χ3v) is 15.7. The molecule has 3 heterocycles. The second kappa shape index (κ2) is 12.7. The van der Waals surface area contributed by atoms with E-state index in [9.17, 15) is 27.1 Å². The molecule has 15 heteroatoms. The summed E-state index contributed by atoms with van der Waals surface area (Å²) in [7, 11) is -6.73. The Hall–Kier alpha value is -2.50. The maximum atomic E-state index is 14.1. The molecule has 1 aromatic heterocycles. The van der Waals surface area contributed by atoms with Crippen LogP contribution < -0.4 is 30.4 Å². The molecule has 0 saturated carbocycles. The van der Waals surface area contributed by atoms with Crippen molar-refractivity contribution < 1.29 is 31.8 Å². The van der Waals surface area contributed by atoms with Crippen LogP contribution in [-0.2, 0) is 15.3 Å². The zero-order valence-corrected chi connectivity index (χ0v) is 27.2. The fraction of sp³-hybridized carbons (Fsp3) is 0.414. The molecule has 2 aromatic carbocycles. The van der Waals surface area contributed by atoms with Crippen LogP contribution in [0, 0.1) is 0 Å². The number of anilines is 1. The Morgan fingerprint density at radius 1 is 0.818 bits per heavy atom. The number of rotatable bonds is 10. The predicted molar refractivity (Wildman–Crippen MR) is 169 cm³/mol. The highest BCUT2D eigenvalue weighted by molar-refractivity contribution is 7.78. The second-order valence-electron chi connectivity index (χ2n) is 11.3. The van der Waals surface area contributed by atoms with Gasteiger partial charge < -0.3 is 10.1 Å². The van der Waals surface area contributed by atoms with E-state index in [1.54, 1.807) is 36.4 Å². The predicted octanol–water partition coefficient (Wildman–Crippen LogP) is 7.11. The molecule has 5 rings (SSSR count). The van der Waals surface area contributed by atoms with Gasteiger partial charge in [0.25, 0.3) is 0 Å². The highest BCUT2D eigenvalue weighted by Crippen LogP contribution is 2.64. The number of thiophene rings is 1. The van der Waals surface area contributed by atoms with Crippen molar-refractivity contribution in [2.45, 2.75) is 70.0 Å². The molecule has 2 fully saturated rings. The van der Waals surface area contributed by atoms with Gasteiger partial charge in [0.2, 0.25) is 14.9 Å². The molecule has 2 saturated heterocycles. The molecule has 238 valence electrons. The summed E-state index contributed by atoms with van der Waals surface area (Å²) < 4.78 is 72.3. The summed E-state index contributed by atoms with van der Waals surface area (Å²) in [5, 5.41) is 16.3. The van der Waals surface area contributed by atoms with Gasteiger partial charge in [-0.25, -0.2) is 20.3 Å². The van der Waals surface area contributed by atoms with Crippen molar-refractivity contribution in [1.29, 1.82) is 0 Å². The quantitative estimate of drug-likeness (QED) is 0.114. The van der Waals surface area contributed by atoms with E-state index < -0.39 is 32.2 Å². The number of hydrogen-bond donors (Lipinski definition) is 5. The number of nitrogens with one attached hydrogen (secondary N) is 5. The van der Waals surface area contributed by atoms with Crippen LogP contribution in [0.5, 0.6) is 5.75 Å². The molecule has 4 atom stereocenters. The normalized spacial score (nSPS) is 24.5. The smallest absolute Gasteiger partial charge is 0.416 e. The minimum absolute atomic E-state index is 0.0873. The van der Waals surface area contributed by atoms with Crippen molar-refractivity contribution in [2.75, 3.05) is 11.9 Å². The first-order valence-electron chi connectivity index (χ1n) is 14.3. The maximum Gasteiger partial charge on any atom is 0.416 e. The first-order valence-corrected chi connectivity index (χ1v) is 18.6. The Balaban J connectivity index is 1.19. The monoisotopic (exact) mass is 669 g/mol. The Morgan fingerprint density at radius 3 is 1.77 bits per heavy atom. The van der Waals surface area contributed by atoms with Crippen LogP contribution in [0.1, 0.15) is 49.4 Å². The molecule has 5 N–H and O–H groups in total.